The van der Waals surface area contributed by atoms with Crippen molar-refractivity contribution in [2.45, 2.75) is 32.2 Å². The second-order valence-electron chi connectivity index (χ2n) is 7.79. The maximum Gasteiger partial charge on any atom is 0.193 e. The second kappa shape index (κ2) is 11.6. The van der Waals surface area contributed by atoms with E-state index in [9.17, 15) is 0 Å². The number of nitrogens with zero attached hydrogens (tertiary/aromatic N) is 3. The van der Waals surface area contributed by atoms with Crippen LogP contribution >= 0.6 is 35.3 Å². The molecule has 0 aromatic carbocycles. The van der Waals surface area contributed by atoms with Crippen LogP contribution < -0.4 is 5.32 Å². The molecule has 0 aliphatic carbocycles. The van der Waals surface area contributed by atoms with Gasteiger partial charge in [-0.2, -0.15) is 0 Å². The lowest BCUT2D eigenvalue weighted by Crippen LogP contribution is -2.46. The molecule has 2 atom stereocenters. The molecule has 0 saturated carbocycles. The number of piperidine rings is 1. The number of likely N-dealkylation sites (tertiary alicyclic amines) is 1. The molecule has 0 bridgehead atoms. The lowest BCUT2D eigenvalue weighted by molar-refractivity contribution is 0.139. The van der Waals surface area contributed by atoms with Crippen molar-refractivity contribution >= 4 is 41.3 Å². The molecule has 1 aromatic heterocycles. The Bertz CT molecular complexity index is 554. The van der Waals surface area contributed by atoms with Gasteiger partial charge in [0.1, 0.15) is 0 Å². The molecule has 2 aliphatic heterocycles. The fourth-order valence-electron chi connectivity index (χ4n) is 4.00. The third-order valence-corrected chi connectivity index (χ3v) is 6.69. The Morgan fingerprint density at radius 3 is 2.78 bits per heavy atom. The maximum absolute atomic E-state index is 5.51. The molecular formula is C20H35IN4OS. The van der Waals surface area contributed by atoms with Crippen molar-refractivity contribution < 1.29 is 4.74 Å². The van der Waals surface area contributed by atoms with E-state index in [-0.39, 0.29) is 24.0 Å². The van der Waals surface area contributed by atoms with E-state index in [0.717, 1.165) is 44.6 Å². The van der Waals surface area contributed by atoms with E-state index in [4.69, 9.17) is 4.74 Å². The number of rotatable bonds is 6. The van der Waals surface area contributed by atoms with Crippen LogP contribution in [0.2, 0.25) is 0 Å². The molecule has 2 aliphatic rings. The first kappa shape index (κ1) is 22.9. The van der Waals surface area contributed by atoms with Gasteiger partial charge in [0.25, 0.3) is 0 Å². The Balaban J connectivity index is 0.00000261. The molecule has 1 N–H and O–H groups in total. The van der Waals surface area contributed by atoms with Crippen LogP contribution in [0, 0.1) is 11.8 Å². The number of thiophene rings is 1. The van der Waals surface area contributed by atoms with Crippen LogP contribution in [0.1, 0.15) is 37.1 Å². The average Bonchev–Trinajstić information content (AvgIpc) is 3.34. The number of hydrogen-bond acceptors (Lipinski definition) is 4. The van der Waals surface area contributed by atoms with Crippen LogP contribution in [-0.2, 0) is 4.74 Å². The minimum atomic E-state index is 0. The van der Waals surface area contributed by atoms with Gasteiger partial charge in [-0.15, -0.1) is 35.3 Å². The van der Waals surface area contributed by atoms with Crippen molar-refractivity contribution in [2.24, 2.45) is 16.8 Å². The smallest absolute Gasteiger partial charge is 0.193 e. The fourth-order valence-corrected chi connectivity index (χ4v) is 4.87. The monoisotopic (exact) mass is 506 g/mol. The van der Waals surface area contributed by atoms with Gasteiger partial charge in [0, 0.05) is 44.6 Å². The van der Waals surface area contributed by atoms with Crippen LogP contribution in [0.5, 0.6) is 0 Å². The highest BCUT2D eigenvalue weighted by atomic mass is 127. The summed E-state index contributed by atoms with van der Waals surface area (Å²) in [5, 5.41) is 5.83. The molecule has 2 fully saturated rings. The molecule has 0 spiro atoms. The summed E-state index contributed by atoms with van der Waals surface area (Å²) in [5.41, 5.74) is 0. The van der Waals surface area contributed by atoms with Crippen LogP contribution in [0.3, 0.4) is 0 Å². The van der Waals surface area contributed by atoms with E-state index in [0.29, 0.717) is 12.0 Å². The predicted molar refractivity (Wildman–Crippen MR) is 125 cm³/mol. The molecule has 154 valence electrons. The molecule has 0 radical (unpaired) electrons. The maximum atomic E-state index is 5.51. The van der Waals surface area contributed by atoms with Crippen LogP contribution in [0.4, 0.5) is 0 Å². The second-order valence-corrected chi connectivity index (χ2v) is 8.77. The van der Waals surface area contributed by atoms with E-state index in [1.54, 1.807) is 0 Å². The molecule has 5 nitrogen and oxygen atoms in total. The number of nitrogens with one attached hydrogen (secondary N) is 1. The summed E-state index contributed by atoms with van der Waals surface area (Å²) in [4.78, 5) is 10.9. The summed E-state index contributed by atoms with van der Waals surface area (Å²) in [6.45, 7) is 8.46. The predicted octanol–water partition coefficient (Wildman–Crippen LogP) is 3.68. The van der Waals surface area contributed by atoms with Gasteiger partial charge < -0.3 is 15.0 Å². The standard InChI is InChI=1S/C20H34N4OS.HI/c1-16-6-9-24(10-7-16)18(19-5-4-12-26-19)13-22-20(21-2)23(3)14-17-8-11-25-15-17;/h4-5,12,16-18H,6-11,13-15H2,1-3H3,(H,21,22);1H. The largest absolute Gasteiger partial charge is 0.381 e. The summed E-state index contributed by atoms with van der Waals surface area (Å²) in [5.74, 6) is 2.47. The third-order valence-electron chi connectivity index (χ3n) is 5.71. The van der Waals surface area contributed by atoms with Gasteiger partial charge in [0.2, 0.25) is 0 Å². The quantitative estimate of drug-likeness (QED) is 0.363. The Labute approximate surface area is 185 Å². The summed E-state index contributed by atoms with van der Waals surface area (Å²) in [6, 6.07) is 4.88. The van der Waals surface area contributed by atoms with E-state index >= 15 is 0 Å². The molecule has 3 heterocycles. The van der Waals surface area contributed by atoms with Gasteiger partial charge in [0.05, 0.1) is 12.6 Å². The van der Waals surface area contributed by atoms with E-state index in [1.165, 1.54) is 30.8 Å². The van der Waals surface area contributed by atoms with Crippen LogP contribution in [0.15, 0.2) is 22.5 Å². The number of halogens is 1. The van der Waals surface area contributed by atoms with Gasteiger partial charge in [-0.25, -0.2) is 0 Å². The van der Waals surface area contributed by atoms with Gasteiger partial charge in [-0.05, 0) is 49.7 Å². The third kappa shape index (κ3) is 6.58. The molecule has 27 heavy (non-hydrogen) atoms. The Hall–Kier alpha value is -0.380. The SMILES string of the molecule is CN=C(NCC(c1cccs1)N1CCC(C)CC1)N(C)CC1CCOC1.I. The lowest BCUT2D eigenvalue weighted by Gasteiger charge is -2.37. The number of ether oxygens (including phenoxy) is 1. The van der Waals surface area contributed by atoms with Gasteiger partial charge in [-0.3, -0.25) is 9.89 Å². The molecule has 1 aromatic rings. The average molecular weight is 506 g/mol. The molecule has 2 saturated heterocycles. The van der Waals surface area contributed by atoms with E-state index in [1.807, 2.05) is 18.4 Å². The lowest BCUT2D eigenvalue weighted by atomic mass is 9.97. The minimum Gasteiger partial charge on any atom is -0.381 e. The molecule has 0 amide bonds. The highest BCUT2D eigenvalue weighted by molar-refractivity contribution is 14.0. The Morgan fingerprint density at radius 1 is 1.41 bits per heavy atom. The summed E-state index contributed by atoms with van der Waals surface area (Å²) >= 11 is 1.87. The van der Waals surface area contributed by atoms with Gasteiger partial charge >= 0.3 is 0 Å². The molecule has 3 rings (SSSR count). The molecule has 2 unspecified atom stereocenters. The highest BCUT2D eigenvalue weighted by Crippen LogP contribution is 2.29. The first-order chi connectivity index (χ1) is 12.7. The highest BCUT2D eigenvalue weighted by Gasteiger charge is 2.26. The summed E-state index contributed by atoms with van der Waals surface area (Å²) in [6.07, 6.45) is 3.77. The van der Waals surface area contributed by atoms with Crippen molar-refractivity contribution in [3.63, 3.8) is 0 Å². The van der Waals surface area contributed by atoms with Gasteiger partial charge in [0.15, 0.2) is 5.96 Å². The summed E-state index contributed by atoms with van der Waals surface area (Å²) in [7, 11) is 4.02. The number of guanidine groups is 1. The minimum absolute atomic E-state index is 0. The molecular weight excluding hydrogens is 471 g/mol. The van der Waals surface area contributed by atoms with Crippen molar-refractivity contribution in [1.29, 1.82) is 0 Å². The summed E-state index contributed by atoms with van der Waals surface area (Å²) < 4.78 is 5.51. The van der Waals surface area contributed by atoms with Crippen molar-refractivity contribution in [2.75, 3.05) is 53.5 Å². The zero-order valence-corrected chi connectivity index (χ0v) is 20.0. The zero-order chi connectivity index (χ0) is 18.4. The van der Waals surface area contributed by atoms with Crippen molar-refractivity contribution in [3.8, 4) is 0 Å². The fraction of sp³-hybridized carbons (Fsp3) is 0.750. The van der Waals surface area contributed by atoms with Crippen molar-refractivity contribution in [1.82, 2.24) is 15.1 Å². The topological polar surface area (TPSA) is 40.1 Å². The zero-order valence-electron chi connectivity index (χ0n) is 16.9. The Morgan fingerprint density at radius 2 is 2.19 bits per heavy atom. The van der Waals surface area contributed by atoms with Crippen LogP contribution in [-0.4, -0.2) is 69.2 Å². The van der Waals surface area contributed by atoms with Crippen LogP contribution in [0.25, 0.3) is 0 Å². The van der Waals surface area contributed by atoms with Crippen molar-refractivity contribution in [3.05, 3.63) is 22.4 Å². The first-order valence-electron chi connectivity index (χ1n) is 9.94. The normalized spacial score (nSPS) is 23.1. The number of aliphatic imine (C=N–C) groups is 1. The van der Waals surface area contributed by atoms with E-state index in [2.05, 4.69) is 51.6 Å². The first-order valence-corrected chi connectivity index (χ1v) is 10.8. The van der Waals surface area contributed by atoms with E-state index < -0.39 is 0 Å². The number of hydrogen-bond donors (Lipinski definition) is 1. The Kier molecular flexibility index (Phi) is 9.82. The molecule has 7 heteroatoms. The van der Waals surface area contributed by atoms with Gasteiger partial charge in [-0.1, -0.05) is 13.0 Å².